The first-order valence-electron chi connectivity index (χ1n) is 15.1. The largest absolute Gasteiger partial charge is 0.475 e. The summed E-state index contributed by atoms with van der Waals surface area (Å²) in [5.41, 5.74) is 8.61. The third kappa shape index (κ3) is 9.63. The highest BCUT2D eigenvalue weighted by atomic mass is 19.1. The zero-order valence-electron chi connectivity index (χ0n) is 25.9. The second-order valence-electron chi connectivity index (χ2n) is 10.7. The van der Waals surface area contributed by atoms with E-state index < -0.39 is 6.67 Å². The smallest absolute Gasteiger partial charge is 0.213 e. The summed E-state index contributed by atoms with van der Waals surface area (Å²) in [6.07, 6.45) is 11.0. The number of imidazole rings is 1. The van der Waals surface area contributed by atoms with Gasteiger partial charge in [0.05, 0.1) is 32.1 Å². The lowest BCUT2D eigenvalue weighted by atomic mass is 10.1. The van der Waals surface area contributed by atoms with Gasteiger partial charge in [-0.05, 0) is 59.5 Å². The molecule has 0 unspecified atom stereocenters. The molecular formula is C36H40FN5O3. The van der Waals surface area contributed by atoms with Crippen molar-refractivity contribution in [1.29, 1.82) is 0 Å². The van der Waals surface area contributed by atoms with Gasteiger partial charge in [0, 0.05) is 62.2 Å². The van der Waals surface area contributed by atoms with Gasteiger partial charge >= 0.3 is 0 Å². The van der Waals surface area contributed by atoms with E-state index in [9.17, 15) is 4.39 Å². The summed E-state index contributed by atoms with van der Waals surface area (Å²) in [7, 11) is 4.09. The maximum absolute atomic E-state index is 12.0. The lowest BCUT2D eigenvalue weighted by Gasteiger charge is -2.12. The van der Waals surface area contributed by atoms with Crippen molar-refractivity contribution in [2.24, 2.45) is 0 Å². The molecule has 0 aliphatic rings. The highest BCUT2D eigenvalue weighted by Gasteiger charge is 2.06. The van der Waals surface area contributed by atoms with Crippen LogP contribution in [0.25, 0.3) is 29.1 Å². The molecule has 0 aliphatic carbocycles. The second-order valence-corrected chi connectivity index (χ2v) is 10.7. The Morgan fingerprint density at radius 2 is 1.53 bits per heavy atom. The number of rotatable bonds is 17. The van der Waals surface area contributed by atoms with Crippen LogP contribution in [0.1, 0.15) is 16.7 Å². The van der Waals surface area contributed by atoms with Gasteiger partial charge in [0.15, 0.2) is 0 Å². The fraction of sp³-hybridized carbons (Fsp3) is 0.278. The molecule has 0 saturated carbocycles. The Labute approximate surface area is 264 Å². The topological polar surface area (TPSA) is 73.2 Å². The Kier molecular flexibility index (Phi) is 11.5. The van der Waals surface area contributed by atoms with E-state index in [2.05, 4.69) is 98.7 Å². The number of ether oxygens (including phenoxy) is 3. The van der Waals surface area contributed by atoms with Crippen LogP contribution in [0, 0.1) is 0 Å². The summed E-state index contributed by atoms with van der Waals surface area (Å²) in [4.78, 5) is 11.2. The molecule has 0 spiro atoms. The van der Waals surface area contributed by atoms with Crippen LogP contribution in [0.4, 0.5) is 15.8 Å². The standard InChI is InChI=1S/C36H40FN5O3/c1-41(2)33-13-9-31(10-14-33)34-27-42-26-30(7-15-35(42)40-34)17-19-38-32-11-5-28(6-12-32)3-4-29-8-16-36(39-25-29)45-24-23-44-22-21-43-20-18-37/h3-16,25-27,38H,17-24H2,1-2H3/b4-3+. The Balaban J connectivity index is 1.04. The fourth-order valence-electron chi connectivity index (χ4n) is 4.67. The van der Waals surface area contributed by atoms with Crippen LogP contribution in [-0.2, 0) is 15.9 Å². The number of aromatic nitrogens is 3. The zero-order valence-corrected chi connectivity index (χ0v) is 25.9. The van der Waals surface area contributed by atoms with Gasteiger partial charge in [0.2, 0.25) is 5.88 Å². The van der Waals surface area contributed by atoms with Crippen LogP contribution >= 0.6 is 0 Å². The first kappa shape index (κ1) is 31.7. The predicted molar refractivity (Wildman–Crippen MR) is 180 cm³/mol. The maximum atomic E-state index is 12.0. The number of hydrogen-bond donors (Lipinski definition) is 1. The van der Waals surface area contributed by atoms with Crippen LogP contribution in [0.15, 0.2) is 91.4 Å². The van der Waals surface area contributed by atoms with Crippen molar-refractivity contribution in [3.8, 4) is 17.1 Å². The van der Waals surface area contributed by atoms with Crippen molar-refractivity contribution in [2.45, 2.75) is 6.42 Å². The lowest BCUT2D eigenvalue weighted by Crippen LogP contribution is -2.11. The summed E-state index contributed by atoms with van der Waals surface area (Å²) in [5.74, 6) is 0.542. The minimum atomic E-state index is -0.480. The highest BCUT2D eigenvalue weighted by molar-refractivity contribution is 5.70. The van der Waals surface area contributed by atoms with E-state index in [-0.39, 0.29) is 6.61 Å². The third-order valence-corrected chi connectivity index (χ3v) is 7.14. The van der Waals surface area contributed by atoms with E-state index in [4.69, 9.17) is 19.2 Å². The number of fused-ring (bicyclic) bond motifs is 1. The van der Waals surface area contributed by atoms with E-state index in [0.717, 1.165) is 46.7 Å². The number of benzene rings is 2. The molecule has 8 nitrogen and oxygen atoms in total. The van der Waals surface area contributed by atoms with E-state index in [1.54, 1.807) is 6.20 Å². The van der Waals surface area contributed by atoms with Gasteiger partial charge in [0.1, 0.15) is 18.9 Å². The van der Waals surface area contributed by atoms with E-state index in [0.29, 0.717) is 32.3 Å². The molecule has 0 aliphatic heterocycles. The number of nitrogens with one attached hydrogen (secondary N) is 1. The molecule has 5 rings (SSSR count). The van der Waals surface area contributed by atoms with Crippen LogP contribution < -0.4 is 15.0 Å². The number of hydrogen-bond acceptors (Lipinski definition) is 7. The first-order valence-corrected chi connectivity index (χ1v) is 15.1. The number of alkyl halides is 1. The monoisotopic (exact) mass is 609 g/mol. The van der Waals surface area contributed by atoms with E-state index >= 15 is 0 Å². The van der Waals surface area contributed by atoms with Crippen molar-refractivity contribution < 1.29 is 18.6 Å². The number of halogens is 1. The van der Waals surface area contributed by atoms with Crippen LogP contribution in [0.2, 0.25) is 0 Å². The lowest BCUT2D eigenvalue weighted by molar-refractivity contribution is 0.0320. The van der Waals surface area contributed by atoms with Crippen LogP contribution in [-0.4, -0.2) is 74.7 Å². The van der Waals surface area contributed by atoms with Crippen molar-refractivity contribution in [2.75, 3.05) is 70.6 Å². The molecule has 0 fully saturated rings. The predicted octanol–water partition coefficient (Wildman–Crippen LogP) is 6.67. The molecule has 45 heavy (non-hydrogen) atoms. The first-order chi connectivity index (χ1) is 22.1. The van der Waals surface area contributed by atoms with Gasteiger partial charge in [-0.25, -0.2) is 14.4 Å². The molecule has 0 bridgehead atoms. The summed E-state index contributed by atoms with van der Waals surface area (Å²) >= 11 is 0. The zero-order chi connectivity index (χ0) is 31.3. The van der Waals surface area contributed by atoms with Crippen LogP contribution in [0.3, 0.4) is 0 Å². The number of nitrogens with zero attached hydrogens (tertiary/aromatic N) is 4. The van der Waals surface area contributed by atoms with Gasteiger partial charge in [-0.15, -0.1) is 0 Å². The normalized spacial score (nSPS) is 11.4. The number of anilines is 2. The quantitative estimate of drug-likeness (QED) is 0.118. The van der Waals surface area contributed by atoms with Gasteiger partial charge < -0.3 is 28.8 Å². The van der Waals surface area contributed by atoms with E-state index in [1.807, 2.05) is 32.3 Å². The molecule has 234 valence electrons. The molecule has 0 amide bonds. The molecule has 1 N–H and O–H groups in total. The molecule has 0 radical (unpaired) electrons. The highest BCUT2D eigenvalue weighted by Crippen LogP contribution is 2.23. The van der Waals surface area contributed by atoms with Crippen molar-refractivity contribution in [3.05, 3.63) is 108 Å². The SMILES string of the molecule is CN(C)c1ccc(-c2cn3cc(CCNc4ccc(/C=C/c5ccc(OCCOCCOCCF)nc5)cc4)ccc3n2)cc1. The van der Waals surface area contributed by atoms with Gasteiger partial charge in [-0.3, -0.25) is 0 Å². The van der Waals surface area contributed by atoms with Gasteiger partial charge in [-0.1, -0.05) is 42.5 Å². The fourth-order valence-corrected chi connectivity index (χ4v) is 4.67. The average Bonchev–Trinajstić information content (AvgIpc) is 3.50. The summed E-state index contributed by atoms with van der Waals surface area (Å²) in [6, 6.07) is 24.9. The summed E-state index contributed by atoms with van der Waals surface area (Å²) < 4.78 is 30.0. The summed E-state index contributed by atoms with van der Waals surface area (Å²) in [6.45, 7) is 2.05. The van der Waals surface area contributed by atoms with Crippen molar-refractivity contribution in [1.82, 2.24) is 14.4 Å². The van der Waals surface area contributed by atoms with Gasteiger partial charge in [0.25, 0.3) is 0 Å². The molecular weight excluding hydrogens is 569 g/mol. The average molecular weight is 610 g/mol. The second kappa shape index (κ2) is 16.4. The Hall–Kier alpha value is -4.73. The van der Waals surface area contributed by atoms with E-state index in [1.165, 1.54) is 11.3 Å². The molecule has 5 aromatic rings. The molecule has 0 saturated heterocycles. The molecule has 2 aromatic carbocycles. The third-order valence-electron chi connectivity index (χ3n) is 7.14. The van der Waals surface area contributed by atoms with Crippen molar-refractivity contribution >= 4 is 29.2 Å². The van der Waals surface area contributed by atoms with Gasteiger partial charge in [-0.2, -0.15) is 0 Å². The maximum Gasteiger partial charge on any atom is 0.213 e. The van der Waals surface area contributed by atoms with Crippen LogP contribution in [0.5, 0.6) is 5.88 Å². The molecule has 3 aromatic heterocycles. The minimum absolute atomic E-state index is 0.106. The Morgan fingerprint density at radius 3 is 2.27 bits per heavy atom. The Bertz CT molecular complexity index is 1630. The molecule has 3 heterocycles. The Morgan fingerprint density at radius 1 is 0.800 bits per heavy atom. The minimum Gasteiger partial charge on any atom is -0.475 e. The van der Waals surface area contributed by atoms with Crippen molar-refractivity contribution in [3.63, 3.8) is 0 Å². The molecule has 0 atom stereocenters. The number of pyridine rings is 2. The summed E-state index contributed by atoms with van der Waals surface area (Å²) in [5, 5.41) is 3.52. The molecule has 9 heteroatoms.